The summed E-state index contributed by atoms with van der Waals surface area (Å²) in [5.41, 5.74) is 0. The summed E-state index contributed by atoms with van der Waals surface area (Å²) in [6, 6.07) is 3.07. The van der Waals surface area contributed by atoms with Gasteiger partial charge in [-0.15, -0.1) is 0 Å². The third-order valence-electron chi connectivity index (χ3n) is 1.57. The summed E-state index contributed by atoms with van der Waals surface area (Å²) in [5, 5.41) is 0. The SMILES string of the molecule is CN1C#CCCCCC1. The highest BCUT2D eigenvalue weighted by Gasteiger charge is 1.94. The van der Waals surface area contributed by atoms with Gasteiger partial charge in [-0.3, -0.25) is 0 Å². The average Bonchev–Trinajstić information content (AvgIpc) is 1.79. The fraction of sp³-hybridized carbons (Fsp3) is 0.750. The van der Waals surface area contributed by atoms with Crippen molar-refractivity contribution in [2.75, 3.05) is 13.6 Å². The summed E-state index contributed by atoms with van der Waals surface area (Å²) >= 11 is 0. The predicted molar refractivity (Wildman–Crippen MR) is 38.9 cm³/mol. The van der Waals surface area contributed by atoms with Crippen LogP contribution in [0.2, 0.25) is 0 Å². The Morgan fingerprint density at radius 2 is 2.11 bits per heavy atom. The van der Waals surface area contributed by atoms with E-state index in [-0.39, 0.29) is 0 Å². The van der Waals surface area contributed by atoms with Crippen LogP contribution in [0.15, 0.2) is 0 Å². The van der Waals surface area contributed by atoms with Crippen LogP contribution in [-0.2, 0) is 0 Å². The standard InChI is InChI=1S/C8H13N/c1-9-7-5-3-2-4-6-8-9/h2-5,7H2,1H3. The highest BCUT2D eigenvalue weighted by Crippen LogP contribution is 2.01. The maximum absolute atomic E-state index is 3.11. The summed E-state index contributed by atoms with van der Waals surface area (Å²) in [6.45, 7) is 1.15. The van der Waals surface area contributed by atoms with Crippen LogP contribution < -0.4 is 0 Å². The molecule has 0 aromatic carbocycles. The molecule has 0 radical (unpaired) electrons. The van der Waals surface area contributed by atoms with Crippen molar-refractivity contribution in [1.29, 1.82) is 0 Å². The first-order valence-electron chi connectivity index (χ1n) is 3.59. The van der Waals surface area contributed by atoms with Crippen molar-refractivity contribution in [1.82, 2.24) is 4.90 Å². The molecule has 50 valence electrons. The number of nitrogens with zero attached hydrogens (tertiary/aromatic N) is 1. The molecule has 1 nitrogen and oxygen atoms in total. The van der Waals surface area contributed by atoms with Gasteiger partial charge in [0, 0.05) is 26.1 Å². The zero-order chi connectivity index (χ0) is 6.53. The number of rotatable bonds is 0. The molecule has 0 fully saturated rings. The largest absolute Gasteiger partial charge is 0.336 e. The molecular formula is C8H13N. The quantitative estimate of drug-likeness (QED) is 0.441. The maximum atomic E-state index is 3.11. The molecule has 0 spiro atoms. The molecule has 0 saturated heterocycles. The molecule has 1 heterocycles. The Morgan fingerprint density at radius 1 is 1.22 bits per heavy atom. The lowest BCUT2D eigenvalue weighted by molar-refractivity contribution is 0.448. The van der Waals surface area contributed by atoms with Gasteiger partial charge in [-0.2, -0.15) is 0 Å². The van der Waals surface area contributed by atoms with Gasteiger partial charge in [-0.1, -0.05) is 12.3 Å². The second kappa shape index (κ2) is 3.40. The highest BCUT2D eigenvalue weighted by molar-refractivity contribution is 4.98. The van der Waals surface area contributed by atoms with E-state index in [2.05, 4.69) is 23.9 Å². The molecule has 0 aromatic rings. The second-order valence-corrected chi connectivity index (χ2v) is 2.52. The molecule has 0 atom stereocenters. The molecule has 0 aliphatic carbocycles. The Kier molecular flexibility index (Phi) is 2.45. The van der Waals surface area contributed by atoms with Crippen molar-refractivity contribution in [3.63, 3.8) is 0 Å². The van der Waals surface area contributed by atoms with E-state index in [9.17, 15) is 0 Å². The molecule has 1 heteroatoms. The van der Waals surface area contributed by atoms with E-state index in [1.54, 1.807) is 0 Å². The van der Waals surface area contributed by atoms with E-state index in [1.807, 2.05) is 0 Å². The third-order valence-corrected chi connectivity index (χ3v) is 1.57. The minimum atomic E-state index is 1.09. The van der Waals surface area contributed by atoms with E-state index in [4.69, 9.17) is 0 Å². The van der Waals surface area contributed by atoms with E-state index >= 15 is 0 Å². The maximum Gasteiger partial charge on any atom is 0.0257 e. The summed E-state index contributed by atoms with van der Waals surface area (Å²) in [7, 11) is 2.05. The zero-order valence-electron chi connectivity index (χ0n) is 5.98. The Hall–Kier alpha value is -0.640. The lowest BCUT2D eigenvalue weighted by Crippen LogP contribution is -2.13. The van der Waals surface area contributed by atoms with E-state index in [0.29, 0.717) is 0 Å². The van der Waals surface area contributed by atoms with Crippen LogP contribution in [0.25, 0.3) is 0 Å². The predicted octanol–water partition coefficient (Wildman–Crippen LogP) is 1.45. The monoisotopic (exact) mass is 123 g/mol. The summed E-state index contributed by atoms with van der Waals surface area (Å²) in [5.74, 6) is 3.11. The summed E-state index contributed by atoms with van der Waals surface area (Å²) in [6.07, 6.45) is 5.04. The topological polar surface area (TPSA) is 3.24 Å². The lowest BCUT2D eigenvalue weighted by Gasteiger charge is -2.11. The van der Waals surface area contributed by atoms with Gasteiger partial charge >= 0.3 is 0 Å². The van der Waals surface area contributed by atoms with Crippen LogP contribution in [-0.4, -0.2) is 18.5 Å². The van der Waals surface area contributed by atoms with Crippen molar-refractivity contribution in [3.8, 4) is 12.0 Å². The molecule has 9 heavy (non-hydrogen) atoms. The first-order valence-corrected chi connectivity index (χ1v) is 3.59. The first-order chi connectivity index (χ1) is 4.39. The van der Waals surface area contributed by atoms with Gasteiger partial charge in [0.2, 0.25) is 0 Å². The van der Waals surface area contributed by atoms with Crippen molar-refractivity contribution in [2.24, 2.45) is 0 Å². The molecule has 1 aliphatic heterocycles. The molecule has 0 bridgehead atoms. The van der Waals surface area contributed by atoms with Gasteiger partial charge in [0.1, 0.15) is 0 Å². The molecule has 1 rings (SSSR count). The second-order valence-electron chi connectivity index (χ2n) is 2.52. The van der Waals surface area contributed by atoms with Crippen LogP contribution in [0.4, 0.5) is 0 Å². The zero-order valence-corrected chi connectivity index (χ0v) is 5.98. The fourth-order valence-corrected chi connectivity index (χ4v) is 0.986. The normalized spacial score (nSPS) is 19.4. The summed E-state index contributed by atoms with van der Waals surface area (Å²) in [4.78, 5) is 2.08. The van der Waals surface area contributed by atoms with E-state index < -0.39 is 0 Å². The third kappa shape index (κ3) is 2.41. The van der Waals surface area contributed by atoms with Gasteiger partial charge in [0.25, 0.3) is 0 Å². The molecule has 0 amide bonds. The average molecular weight is 123 g/mol. The Morgan fingerprint density at radius 3 is 3.00 bits per heavy atom. The van der Waals surface area contributed by atoms with Crippen LogP contribution in [0, 0.1) is 12.0 Å². The molecule has 0 unspecified atom stereocenters. The van der Waals surface area contributed by atoms with Crippen LogP contribution in [0.5, 0.6) is 0 Å². The lowest BCUT2D eigenvalue weighted by atomic mass is 10.2. The fourth-order valence-electron chi connectivity index (χ4n) is 0.986. The van der Waals surface area contributed by atoms with E-state index in [1.165, 1.54) is 19.3 Å². The van der Waals surface area contributed by atoms with Gasteiger partial charge in [0.05, 0.1) is 0 Å². The molecule has 1 aliphatic rings. The minimum absolute atomic E-state index is 1.09. The highest BCUT2D eigenvalue weighted by atomic mass is 15.1. The Bertz CT molecular complexity index is 129. The molecule has 0 saturated carbocycles. The van der Waals surface area contributed by atoms with Crippen molar-refractivity contribution in [2.45, 2.75) is 25.7 Å². The molecule has 0 aromatic heterocycles. The van der Waals surface area contributed by atoms with Gasteiger partial charge in [-0.05, 0) is 12.8 Å². The minimum Gasteiger partial charge on any atom is -0.336 e. The van der Waals surface area contributed by atoms with Crippen LogP contribution in [0.1, 0.15) is 25.7 Å². The van der Waals surface area contributed by atoms with Crippen LogP contribution in [0.3, 0.4) is 0 Å². The van der Waals surface area contributed by atoms with Gasteiger partial charge in [-0.25, -0.2) is 0 Å². The number of hydrogen-bond donors (Lipinski definition) is 0. The van der Waals surface area contributed by atoms with Gasteiger partial charge in [0.15, 0.2) is 0 Å². The van der Waals surface area contributed by atoms with Crippen molar-refractivity contribution >= 4 is 0 Å². The van der Waals surface area contributed by atoms with Crippen molar-refractivity contribution < 1.29 is 0 Å². The molecule has 0 N–H and O–H groups in total. The van der Waals surface area contributed by atoms with E-state index in [0.717, 1.165) is 13.0 Å². The number of hydrogen-bond acceptors (Lipinski definition) is 1. The summed E-state index contributed by atoms with van der Waals surface area (Å²) < 4.78 is 0. The first kappa shape index (κ1) is 6.48. The van der Waals surface area contributed by atoms with Gasteiger partial charge < -0.3 is 4.90 Å². The smallest absolute Gasteiger partial charge is 0.0257 e. The van der Waals surface area contributed by atoms with Crippen LogP contribution >= 0.6 is 0 Å². The molecular weight excluding hydrogens is 110 g/mol. The van der Waals surface area contributed by atoms with Crippen molar-refractivity contribution in [3.05, 3.63) is 0 Å². The Balaban J connectivity index is 2.37. The Labute approximate surface area is 57.0 Å².